The zero-order chi connectivity index (χ0) is 16.9. The van der Waals surface area contributed by atoms with E-state index < -0.39 is 0 Å². The number of anilines is 1. The molecule has 0 saturated heterocycles. The van der Waals surface area contributed by atoms with Crippen LogP contribution >= 0.6 is 11.3 Å². The zero-order valence-corrected chi connectivity index (χ0v) is 14.6. The molecule has 0 atom stereocenters. The number of hydrogen-bond acceptors (Lipinski definition) is 7. The van der Waals surface area contributed by atoms with E-state index in [0.29, 0.717) is 18.0 Å². The lowest BCUT2D eigenvalue weighted by atomic mass is 10.1. The summed E-state index contributed by atoms with van der Waals surface area (Å²) in [6.45, 7) is 1.17. The number of likely N-dealkylation sites (N-methyl/N-ethyl adjacent to an activating group) is 1. The van der Waals surface area contributed by atoms with E-state index in [1.807, 2.05) is 32.3 Å². The molecule has 0 aliphatic carbocycles. The Morgan fingerprint density at radius 2 is 2.08 bits per heavy atom. The molecular weight excluding hydrogens is 328 g/mol. The Kier molecular flexibility index (Phi) is 5.27. The van der Waals surface area contributed by atoms with Crippen molar-refractivity contribution in [2.24, 2.45) is 0 Å². The van der Waals surface area contributed by atoms with Crippen LogP contribution in [0, 0.1) is 0 Å². The highest BCUT2D eigenvalue weighted by atomic mass is 32.1. The van der Waals surface area contributed by atoms with Crippen LogP contribution in [-0.4, -0.2) is 48.4 Å². The number of hydrogen-bond donors (Lipinski definition) is 1. The van der Waals surface area contributed by atoms with Gasteiger partial charge in [0.2, 0.25) is 17.8 Å². The Morgan fingerprint density at radius 3 is 2.92 bits per heavy atom. The fourth-order valence-electron chi connectivity index (χ4n) is 2.26. The second-order valence-corrected chi connectivity index (χ2v) is 6.85. The molecule has 1 aliphatic heterocycles. The summed E-state index contributed by atoms with van der Waals surface area (Å²) in [4.78, 5) is 14.1. The molecule has 2 heterocycles. The van der Waals surface area contributed by atoms with Crippen LogP contribution in [0.5, 0.6) is 11.5 Å². The van der Waals surface area contributed by atoms with Crippen molar-refractivity contribution >= 4 is 22.4 Å². The van der Waals surface area contributed by atoms with Crippen LogP contribution in [-0.2, 0) is 17.6 Å². The molecule has 1 aromatic heterocycles. The largest absolute Gasteiger partial charge is 0.454 e. The third kappa shape index (κ3) is 4.42. The van der Waals surface area contributed by atoms with E-state index in [0.717, 1.165) is 35.0 Å². The van der Waals surface area contributed by atoms with Gasteiger partial charge in [0, 0.05) is 19.4 Å². The number of ether oxygens (including phenoxy) is 2. The van der Waals surface area contributed by atoms with Crippen molar-refractivity contribution in [2.45, 2.75) is 19.3 Å². The first kappa shape index (κ1) is 16.7. The molecule has 0 unspecified atom stereocenters. The third-order valence-electron chi connectivity index (χ3n) is 3.56. The fraction of sp³-hybridized carbons (Fsp3) is 0.438. The molecular formula is C16H20N4O3S. The highest BCUT2D eigenvalue weighted by molar-refractivity contribution is 7.15. The molecule has 8 heteroatoms. The first-order valence-corrected chi connectivity index (χ1v) is 8.57. The number of carbonyl (C=O) groups excluding carboxylic acids is 1. The summed E-state index contributed by atoms with van der Waals surface area (Å²) in [5.74, 6) is 1.42. The van der Waals surface area contributed by atoms with Crippen molar-refractivity contribution in [1.82, 2.24) is 15.1 Å². The summed E-state index contributed by atoms with van der Waals surface area (Å²) < 4.78 is 10.6. The number of nitrogens with zero attached hydrogens (tertiary/aromatic N) is 3. The number of fused-ring (bicyclic) bond motifs is 1. The van der Waals surface area contributed by atoms with Gasteiger partial charge in [-0.2, -0.15) is 0 Å². The van der Waals surface area contributed by atoms with Crippen LogP contribution in [0.4, 0.5) is 5.13 Å². The monoisotopic (exact) mass is 348 g/mol. The Labute approximate surface area is 144 Å². The van der Waals surface area contributed by atoms with Crippen LogP contribution in [0.1, 0.15) is 17.0 Å². The third-order valence-corrected chi connectivity index (χ3v) is 4.46. The van der Waals surface area contributed by atoms with Crippen molar-refractivity contribution in [3.8, 4) is 11.5 Å². The summed E-state index contributed by atoms with van der Waals surface area (Å²) in [7, 11) is 4.03. The molecule has 1 aliphatic rings. The number of aromatic nitrogens is 2. The van der Waals surface area contributed by atoms with E-state index in [4.69, 9.17) is 9.47 Å². The van der Waals surface area contributed by atoms with Crippen molar-refractivity contribution < 1.29 is 14.3 Å². The van der Waals surface area contributed by atoms with Crippen LogP contribution in [0.3, 0.4) is 0 Å². The topological polar surface area (TPSA) is 76.6 Å². The highest BCUT2D eigenvalue weighted by Gasteiger charge is 2.14. The van der Waals surface area contributed by atoms with E-state index >= 15 is 0 Å². The van der Waals surface area contributed by atoms with Gasteiger partial charge in [-0.1, -0.05) is 17.4 Å². The van der Waals surface area contributed by atoms with E-state index in [1.54, 1.807) is 0 Å². The maximum Gasteiger partial charge on any atom is 0.231 e. The molecule has 1 aromatic carbocycles. The number of carbonyl (C=O) groups is 1. The van der Waals surface area contributed by atoms with Crippen molar-refractivity contribution in [2.75, 3.05) is 32.7 Å². The molecule has 7 nitrogen and oxygen atoms in total. The molecule has 0 radical (unpaired) electrons. The minimum absolute atomic E-state index is 0.0667. The molecule has 2 aromatic rings. The van der Waals surface area contributed by atoms with Crippen molar-refractivity contribution in [1.29, 1.82) is 0 Å². The number of rotatable bonds is 7. The Hall–Kier alpha value is -2.19. The molecule has 0 saturated carbocycles. The van der Waals surface area contributed by atoms with Gasteiger partial charge in [-0.15, -0.1) is 10.2 Å². The van der Waals surface area contributed by atoms with Crippen LogP contribution < -0.4 is 14.8 Å². The lowest BCUT2D eigenvalue weighted by molar-refractivity contribution is -0.116. The molecule has 3 rings (SSSR count). The van der Waals surface area contributed by atoms with Gasteiger partial charge in [0.05, 0.1) is 0 Å². The SMILES string of the molecule is CN(C)CCc1nnc(NC(=O)CCc2ccc3c(c2)OCO3)s1. The van der Waals surface area contributed by atoms with Crippen molar-refractivity contribution in [3.05, 3.63) is 28.8 Å². The molecule has 0 bridgehead atoms. The highest BCUT2D eigenvalue weighted by Crippen LogP contribution is 2.32. The number of benzene rings is 1. The smallest absolute Gasteiger partial charge is 0.231 e. The van der Waals surface area contributed by atoms with Gasteiger partial charge in [0.1, 0.15) is 5.01 Å². The minimum Gasteiger partial charge on any atom is -0.454 e. The predicted molar refractivity (Wildman–Crippen MR) is 91.7 cm³/mol. The summed E-state index contributed by atoms with van der Waals surface area (Å²) in [5, 5.41) is 12.4. The molecule has 24 heavy (non-hydrogen) atoms. The lowest BCUT2D eigenvalue weighted by Crippen LogP contribution is -2.14. The first-order chi connectivity index (χ1) is 11.6. The predicted octanol–water partition coefficient (Wildman–Crippen LogP) is 1.94. The van der Waals surface area contributed by atoms with Gasteiger partial charge in [-0.05, 0) is 38.2 Å². The average Bonchev–Trinajstić information content (AvgIpc) is 3.19. The summed E-state index contributed by atoms with van der Waals surface area (Å²) in [5.41, 5.74) is 1.04. The summed E-state index contributed by atoms with van der Waals surface area (Å²) in [6, 6.07) is 5.74. The first-order valence-electron chi connectivity index (χ1n) is 7.75. The Morgan fingerprint density at radius 1 is 1.25 bits per heavy atom. The molecule has 1 N–H and O–H groups in total. The van der Waals surface area contributed by atoms with Gasteiger partial charge in [0.25, 0.3) is 0 Å². The molecule has 0 spiro atoms. The lowest BCUT2D eigenvalue weighted by Gasteiger charge is -2.05. The number of nitrogens with one attached hydrogen (secondary N) is 1. The second kappa shape index (κ2) is 7.59. The maximum absolute atomic E-state index is 12.1. The average molecular weight is 348 g/mol. The van der Waals surface area contributed by atoms with E-state index in [1.165, 1.54) is 11.3 Å². The molecule has 0 fully saturated rings. The summed E-state index contributed by atoms with van der Waals surface area (Å²) >= 11 is 1.42. The maximum atomic E-state index is 12.1. The minimum atomic E-state index is -0.0667. The van der Waals surface area contributed by atoms with Gasteiger partial charge < -0.3 is 19.7 Å². The van der Waals surface area contributed by atoms with Crippen LogP contribution in [0.2, 0.25) is 0 Å². The molecule has 128 valence electrons. The number of aryl methyl sites for hydroxylation is 1. The Balaban J connectivity index is 1.47. The zero-order valence-electron chi connectivity index (χ0n) is 13.7. The fourth-order valence-corrected chi connectivity index (χ4v) is 3.01. The molecule has 1 amide bonds. The van der Waals surface area contributed by atoms with E-state index in [2.05, 4.69) is 20.4 Å². The van der Waals surface area contributed by atoms with Gasteiger partial charge in [-0.25, -0.2) is 0 Å². The van der Waals surface area contributed by atoms with Gasteiger partial charge in [0.15, 0.2) is 11.5 Å². The number of amides is 1. The van der Waals surface area contributed by atoms with Crippen LogP contribution in [0.25, 0.3) is 0 Å². The van der Waals surface area contributed by atoms with Gasteiger partial charge in [-0.3, -0.25) is 4.79 Å². The van der Waals surface area contributed by atoms with Gasteiger partial charge >= 0.3 is 0 Å². The second-order valence-electron chi connectivity index (χ2n) is 5.79. The van der Waals surface area contributed by atoms with E-state index in [-0.39, 0.29) is 12.7 Å². The van der Waals surface area contributed by atoms with Crippen molar-refractivity contribution in [3.63, 3.8) is 0 Å². The van der Waals surface area contributed by atoms with E-state index in [9.17, 15) is 4.79 Å². The standard InChI is InChI=1S/C16H20N4O3S/c1-20(2)8-7-15-18-19-16(24-15)17-14(21)6-4-11-3-5-12-13(9-11)23-10-22-12/h3,5,9H,4,6-8,10H2,1-2H3,(H,17,19,21). The quantitative estimate of drug-likeness (QED) is 0.824. The Bertz CT molecular complexity index is 717. The normalized spacial score (nSPS) is 12.6. The van der Waals surface area contributed by atoms with Crippen LogP contribution in [0.15, 0.2) is 18.2 Å². The summed E-state index contributed by atoms with van der Waals surface area (Å²) in [6.07, 6.45) is 1.85.